The maximum absolute atomic E-state index is 5.76. The molecule has 0 radical (unpaired) electrons. The quantitative estimate of drug-likeness (QED) is 0.693. The van der Waals surface area contributed by atoms with Crippen molar-refractivity contribution in [3.8, 4) is 0 Å². The number of halogens is 1. The molecule has 1 aromatic rings. The first-order valence-electron chi connectivity index (χ1n) is 4.31. The lowest BCUT2D eigenvalue weighted by molar-refractivity contribution is -0.209. The molecule has 0 aromatic heterocycles. The zero-order valence-corrected chi connectivity index (χ0v) is 8.63. The largest absolute Gasteiger partial charge is 0.375 e. The topological polar surface area (TPSA) is 18.5 Å². The lowest BCUT2D eigenvalue weighted by Crippen LogP contribution is -2.46. The summed E-state index contributed by atoms with van der Waals surface area (Å²) >= 11 is 3.47. The van der Waals surface area contributed by atoms with E-state index in [9.17, 15) is 0 Å². The van der Waals surface area contributed by atoms with E-state index >= 15 is 0 Å². The second-order valence-corrected chi connectivity index (χ2v) is 4.49. The SMILES string of the molecule is Brc1ccc2c(c1)C1(COC1)OC2. The first kappa shape index (κ1) is 7.97. The summed E-state index contributed by atoms with van der Waals surface area (Å²) < 4.78 is 12.1. The number of hydrogen-bond donors (Lipinski definition) is 0. The van der Waals surface area contributed by atoms with Gasteiger partial charge in [-0.3, -0.25) is 0 Å². The third-order valence-corrected chi connectivity index (χ3v) is 3.23. The van der Waals surface area contributed by atoms with Gasteiger partial charge in [0, 0.05) is 4.47 Å². The molecular formula is C10H9BrO2. The Labute approximate surface area is 85.0 Å². The molecule has 13 heavy (non-hydrogen) atoms. The van der Waals surface area contributed by atoms with Crippen molar-refractivity contribution in [3.63, 3.8) is 0 Å². The van der Waals surface area contributed by atoms with Crippen LogP contribution < -0.4 is 0 Å². The normalized spacial score (nSPS) is 22.8. The average Bonchev–Trinajstić information content (AvgIpc) is 2.41. The van der Waals surface area contributed by atoms with Gasteiger partial charge in [0.25, 0.3) is 0 Å². The second-order valence-electron chi connectivity index (χ2n) is 3.58. The molecule has 1 spiro atoms. The summed E-state index contributed by atoms with van der Waals surface area (Å²) in [6.07, 6.45) is 0. The van der Waals surface area contributed by atoms with E-state index in [0.717, 1.165) is 11.1 Å². The molecular weight excluding hydrogens is 232 g/mol. The molecule has 3 heteroatoms. The number of ether oxygens (including phenoxy) is 2. The van der Waals surface area contributed by atoms with Crippen molar-refractivity contribution in [2.24, 2.45) is 0 Å². The van der Waals surface area contributed by atoms with Gasteiger partial charge >= 0.3 is 0 Å². The molecule has 0 N–H and O–H groups in total. The van der Waals surface area contributed by atoms with Gasteiger partial charge in [0.05, 0.1) is 19.8 Å². The van der Waals surface area contributed by atoms with Crippen molar-refractivity contribution >= 4 is 15.9 Å². The Morgan fingerprint density at radius 1 is 1.31 bits per heavy atom. The van der Waals surface area contributed by atoms with E-state index in [4.69, 9.17) is 9.47 Å². The Kier molecular flexibility index (Phi) is 1.57. The third-order valence-electron chi connectivity index (χ3n) is 2.74. The summed E-state index contributed by atoms with van der Waals surface area (Å²) in [5, 5.41) is 0. The van der Waals surface area contributed by atoms with Crippen LogP contribution in [0.15, 0.2) is 22.7 Å². The van der Waals surface area contributed by atoms with Crippen LogP contribution in [0.1, 0.15) is 11.1 Å². The smallest absolute Gasteiger partial charge is 0.140 e. The Hall–Kier alpha value is -0.380. The van der Waals surface area contributed by atoms with Gasteiger partial charge < -0.3 is 9.47 Å². The molecule has 0 bridgehead atoms. The molecule has 68 valence electrons. The van der Waals surface area contributed by atoms with Crippen molar-refractivity contribution in [2.45, 2.75) is 12.2 Å². The molecule has 0 saturated carbocycles. The van der Waals surface area contributed by atoms with Crippen LogP contribution in [0.3, 0.4) is 0 Å². The van der Waals surface area contributed by atoms with Crippen LogP contribution in [-0.4, -0.2) is 13.2 Å². The minimum Gasteiger partial charge on any atom is -0.375 e. The fourth-order valence-electron chi connectivity index (χ4n) is 1.92. The minimum absolute atomic E-state index is 0.112. The summed E-state index contributed by atoms with van der Waals surface area (Å²) in [4.78, 5) is 0. The van der Waals surface area contributed by atoms with E-state index in [-0.39, 0.29) is 5.60 Å². The van der Waals surface area contributed by atoms with Crippen molar-refractivity contribution in [1.29, 1.82) is 0 Å². The molecule has 2 aliphatic rings. The standard InChI is InChI=1S/C10H9BrO2/c11-8-2-1-7-4-13-10(5-12-6-10)9(7)3-8/h1-3H,4-6H2. The molecule has 0 unspecified atom stereocenters. The van der Waals surface area contributed by atoms with E-state index in [1.807, 2.05) is 0 Å². The Bertz CT molecular complexity index is 358. The molecule has 2 heterocycles. The van der Waals surface area contributed by atoms with E-state index in [1.54, 1.807) is 0 Å². The van der Waals surface area contributed by atoms with Gasteiger partial charge in [0.1, 0.15) is 5.60 Å². The fraction of sp³-hybridized carbons (Fsp3) is 0.400. The highest BCUT2D eigenvalue weighted by atomic mass is 79.9. The Balaban J connectivity index is 2.14. The van der Waals surface area contributed by atoms with E-state index in [0.29, 0.717) is 13.2 Å². The summed E-state index contributed by atoms with van der Waals surface area (Å²) in [5.74, 6) is 0. The van der Waals surface area contributed by atoms with Crippen molar-refractivity contribution in [2.75, 3.05) is 13.2 Å². The van der Waals surface area contributed by atoms with Crippen LogP contribution >= 0.6 is 15.9 Å². The molecule has 0 aliphatic carbocycles. The molecule has 0 atom stereocenters. The zero-order chi connectivity index (χ0) is 8.89. The van der Waals surface area contributed by atoms with E-state index in [2.05, 4.69) is 34.1 Å². The first-order valence-corrected chi connectivity index (χ1v) is 5.10. The van der Waals surface area contributed by atoms with E-state index < -0.39 is 0 Å². The van der Waals surface area contributed by atoms with Gasteiger partial charge in [0.2, 0.25) is 0 Å². The second kappa shape index (κ2) is 2.56. The Morgan fingerprint density at radius 3 is 2.85 bits per heavy atom. The summed E-state index contributed by atoms with van der Waals surface area (Å²) in [5.41, 5.74) is 2.48. The van der Waals surface area contributed by atoms with Gasteiger partial charge in [-0.15, -0.1) is 0 Å². The molecule has 0 amide bonds. The molecule has 1 fully saturated rings. The third kappa shape index (κ3) is 1.01. The number of fused-ring (bicyclic) bond motifs is 2. The summed E-state index contributed by atoms with van der Waals surface area (Å²) in [7, 11) is 0. The molecule has 1 saturated heterocycles. The lowest BCUT2D eigenvalue weighted by Gasteiger charge is -2.37. The maximum Gasteiger partial charge on any atom is 0.140 e. The maximum atomic E-state index is 5.76. The van der Waals surface area contributed by atoms with Crippen molar-refractivity contribution in [1.82, 2.24) is 0 Å². The molecule has 3 rings (SSSR count). The van der Waals surface area contributed by atoms with Crippen LogP contribution in [0.25, 0.3) is 0 Å². The Morgan fingerprint density at radius 2 is 2.15 bits per heavy atom. The molecule has 2 nitrogen and oxygen atoms in total. The van der Waals surface area contributed by atoms with Gasteiger partial charge in [-0.2, -0.15) is 0 Å². The summed E-state index contributed by atoms with van der Waals surface area (Å²) in [6, 6.07) is 6.32. The van der Waals surface area contributed by atoms with Crippen molar-refractivity contribution in [3.05, 3.63) is 33.8 Å². The van der Waals surface area contributed by atoms with Gasteiger partial charge in [-0.1, -0.05) is 22.0 Å². The number of benzene rings is 1. The summed E-state index contributed by atoms with van der Waals surface area (Å²) in [6.45, 7) is 2.14. The number of hydrogen-bond acceptors (Lipinski definition) is 2. The van der Waals surface area contributed by atoms with E-state index in [1.165, 1.54) is 11.1 Å². The highest BCUT2D eigenvalue weighted by Gasteiger charge is 2.46. The highest BCUT2D eigenvalue weighted by molar-refractivity contribution is 9.10. The molecule has 2 aliphatic heterocycles. The van der Waals surface area contributed by atoms with Gasteiger partial charge in [0.15, 0.2) is 0 Å². The van der Waals surface area contributed by atoms with Crippen molar-refractivity contribution < 1.29 is 9.47 Å². The number of rotatable bonds is 0. The average molecular weight is 241 g/mol. The minimum atomic E-state index is -0.112. The predicted octanol–water partition coefficient (Wildman–Crippen LogP) is 2.20. The predicted molar refractivity (Wildman–Crippen MR) is 51.4 cm³/mol. The van der Waals surface area contributed by atoms with Gasteiger partial charge in [-0.05, 0) is 23.3 Å². The van der Waals surface area contributed by atoms with Crippen LogP contribution in [0.2, 0.25) is 0 Å². The van der Waals surface area contributed by atoms with Crippen LogP contribution in [0.4, 0.5) is 0 Å². The fourth-order valence-corrected chi connectivity index (χ4v) is 2.28. The van der Waals surface area contributed by atoms with Crippen LogP contribution in [0, 0.1) is 0 Å². The monoisotopic (exact) mass is 240 g/mol. The zero-order valence-electron chi connectivity index (χ0n) is 7.05. The molecule has 1 aromatic carbocycles. The first-order chi connectivity index (χ1) is 6.30. The van der Waals surface area contributed by atoms with Crippen LogP contribution in [-0.2, 0) is 21.7 Å². The lowest BCUT2D eigenvalue weighted by atomic mass is 9.91. The highest BCUT2D eigenvalue weighted by Crippen LogP contribution is 2.42. The van der Waals surface area contributed by atoms with Crippen LogP contribution in [0.5, 0.6) is 0 Å². The van der Waals surface area contributed by atoms with Gasteiger partial charge in [-0.25, -0.2) is 0 Å².